The summed E-state index contributed by atoms with van der Waals surface area (Å²) in [4.78, 5) is 25.6. The Labute approximate surface area is 168 Å². The Morgan fingerprint density at radius 2 is 1.97 bits per heavy atom. The fourth-order valence-corrected chi connectivity index (χ4v) is 3.17. The Balaban J connectivity index is 1.91. The van der Waals surface area contributed by atoms with Crippen LogP contribution in [0.25, 0.3) is 16.7 Å². The van der Waals surface area contributed by atoms with Gasteiger partial charge in [0.05, 0.1) is 22.9 Å². The van der Waals surface area contributed by atoms with Gasteiger partial charge in [-0.1, -0.05) is 0 Å². The van der Waals surface area contributed by atoms with E-state index in [0.717, 1.165) is 0 Å². The van der Waals surface area contributed by atoms with E-state index in [-0.39, 0.29) is 22.9 Å². The maximum absolute atomic E-state index is 13.3. The number of rotatable bonds is 7. The number of hydrogen-bond acceptors (Lipinski definition) is 4. The van der Waals surface area contributed by atoms with Gasteiger partial charge in [0.1, 0.15) is 17.0 Å². The Morgan fingerprint density at radius 1 is 1.28 bits per heavy atom. The normalized spacial score (nSPS) is 11.4. The van der Waals surface area contributed by atoms with Crippen molar-refractivity contribution in [3.05, 3.63) is 57.8 Å². The Hall–Kier alpha value is -3.00. The fourth-order valence-electron chi connectivity index (χ4n) is 3.17. The summed E-state index contributed by atoms with van der Waals surface area (Å²) in [6, 6.07) is 5.85. The number of nitrogens with one attached hydrogen (secondary N) is 1. The van der Waals surface area contributed by atoms with Crippen molar-refractivity contribution in [1.82, 2.24) is 19.7 Å². The number of nitrogens with zero attached hydrogens (tertiary/aromatic N) is 3. The highest BCUT2D eigenvalue weighted by Crippen LogP contribution is 2.20. The molecule has 0 saturated heterocycles. The van der Waals surface area contributed by atoms with Crippen molar-refractivity contribution in [1.29, 1.82) is 0 Å². The first-order valence-electron chi connectivity index (χ1n) is 9.54. The van der Waals surface area contributed by atoms with Crippen molar-refractivity contribution in [2.75, 3.05) is 13.2 Å². The molecule has 0 fully saturated rings. The standard InChI is InChI=1S/C21H25FN4O3/c1-13(2)29-11-5-10-23-20(28)17-12-25(4)21-18(19(17)27)14(3)24-26(21)16-8-6-15(22)7-9-16/h6-9,12-13H,5,10-11H2,1-4H3,(H,23,28). The minimum absolute atomic E-state index is 0.0616. The second kappa shape index (κ2) is 8.57. The molecule has 0 aliphatic heterocycles. The van der Waals surface area contributed by atoms with E-state index in [9.17, 15) is 14.0 Å². The van der Waals surface area contributed by atoms with Crippen LogP contribution in [0.2, 0.25) is 0 Å². The summed E-state index contributed by atoms with van der Waals surface area (Å²) in [7, 11) is 1.75. The SMILES string of the molecule is Cc1nn(-c2ccc(F)cc2)c2c1c(=O)c(C(=O)NCCCOC(C)C)cn2C. The highest BCUT2D eigenvalue weighted by Gasteiger charge is 2.20. The second-order valence-corrected chi connectivity index (χ2v) is 7.18. The summed E-state index contributed by atoms with van der Waals surface area (Å²) in [6.45, 7) is 6.58. The average molecular weight is 400 g/mol. The molecule has 0 aliphatic carbocycles. The van der Waals surface area contributed by atoms with Crippen molar-refractivity contribution < 1.29 is 13.9 Å². The predicted octanol–water partition coefficient (Wildman–Crippen LogP) is 2.72. The zero-order chi connectivity index (χ0) is 21.1. The van der Waals surface area contributed by atoms with Crippen LogP contribution in [0.4, 0.5) is 4.39 Å². The molecule has 0 unspecified atom stereocenters. The summed E-state index contributed by atoms with van der Waals surface area (Å²) < 4.78 is 22.0. The zero-order valence-corrected chi connectivity index (χ0v) is 17.0. The van der Waals surface area contributed by atoms with Crippen molar-refractivity contribution >= 4 is 16.9 Å². The molecule has 1 N–H and O–H groups in total. The van der Waals surface area contributed by atoms with E-state index in [2.05, 4.69) is 10.4 Å². The highest BCUT2D eigenvalue weighted by atomic mass is 19.1. The van der Waals surface area contributed by atoms with Gasteiger partial charge in [-0.15, -0.1) is 0 Å². The van der Waals surface area contributed by atoms with Crippen LogP contribution in [0.1, 0.15) is 36.3 Å². The van der Waals surface area contributed by atoms with Crippen molar-refractivity contribution in [3.8, 4) is 5.69 Å². The molecule has 29 heavy (non-hydrogen) atoms. The maximum Gasteiger partial charge on any atom is 0.256 e. The van der Waals surface area contributed by atoms with Gasteiger partial charge in [-0.05, 0) is 51.5 Å². The molecular weight excluding hydrogens is 375 g/mol. The van der Waals surface area contributed by atoms with E-state index < -0.39 is 5.91 Å². The van der Waals surface area contributed by atoms with Crippen LogP contribution in [0.5, 0.6) is 0 Å². The van der Waals surface area contributed by atoms with Gasteiger partial charge in [-0.2, -0.15) is 5.10 Å². The van der Waals surface area contributed by atoms with Gasteiger partial charge in [-0.25, -0.2) is 9.07 Å². The molecule has 1 aromatic carbocycles. The first-order chi connectivity index (χ1) is 13.8. The lowest BCUT2D eigenvalue weighted by Crippen LogP contribution is -2.31. The molecule has 154 valence electrons. The van der Waals surface area contributed by atoms with Gasteiger partial charge in [-0.3, -0.25) is 9.59 Å². The van der Waals surface area contributed by atoms with E-state index in [0.29, 0.717) is 42.0 Å². The lowest BCUT2D eigenvalue weighted by Gasteiger charge is -2.11. The van der Waals surface area contributed by atoms with Crippen LogP contribution < -0.4 is 10.7 Å². The molecule has 8 heteroatoms. The third-order valence-electron chi connectivity index (χ3n) is 4.54. The average Bonchev–Trinajstić information content (AvgIpc) is 3.02. The first-order valence-corrected chi connectivity index (χ1v) is 9.54. The molecule has 2 heterocycles. The molecule has 0 spiro atoms. The smallest absolute Gasteiger partial charge is 0.256 e. The number of amides is 1. The molecule has 3 rings (SSSR count). The van der Waals surface area contributed by atoms with Gasteiger partial charge in [0.15, 0.2) is 0 Å². The number of halogens is 1. The quantitative estimate of drug-likeness (QED) is 0.619. The molecule has 7 nitrogen and oxygen atoms in total. The Bertz CT molecular complexity index is 1080. The molecule has 1 amide bonds. The van der Waals surface area contributed by atoms with Gasteiger partial charge in [0.25, 0.3) is 5.91 Å². The van der Waals surface area contributed by atoms with Gasteiger partial charge in [0, 0.05) is 26.4 Å². The third kappa shape index (κ3) is 4.37. The molecule has 0 bridgehead atoms. The second-order valence-electron chi connectivity index (χ2n) is 7.18. The minimum Gasteiger partial charge on any atom is -0.379 e. The predicted molar refractivity (Wildman–Crippen MR) is 109 cm³/mol. The lowest BCUT2D eigenvalue weighted by molar-refractivity contribution is 0.0757. The lowest BCUT2D eigenvalue weighted by atomic mass is 10.1. The largest absolute Gasteiger partial charge is 0.379 e. The molecule has 3 aromatic rings. The van der Waals surface area contributed by atoms with Gasteiger partial charge < -0.3 is 14.6 Å². The molecule has 0 atom stereocenters. The van der Waals surface area contributed by atoms with E-state index in [1.807, 2.05) is 13.8 Å². The molecule has 0 aliphatic rings. The monoisotopic (exact) mass is 400 g/mol. The van der Waals surface area contributed by atoms with Crippen LogP contribution >= 0.6 is 0 Å². The maximum atomic E-state index is 13.3. The zero-order valence-electron chi connectivity index (χ0n) is 17.0. The van der Waals surface area contributed by atoms with Crippen LogP contribution in [0.15, 0.2) is 35.3 Å². The van der Waals surface area contributed by atoms with Gasteiger partial charge >= 0.3 is 0 Å². The van der Waals surface area contributed by atoms with Crippen LogP contribution in [0, 0.1) is 12.7 Å². The van der Waals surface area contributed by atoms with E-state index in [4.69, 9.17) is 4.74 Å². The summed E-state index contributed by atoms with van der Waals surface area (Å²) >= 11 is 0. The van der Waals surface area contributed by atoms with Crippen LogP contribution in [0.3, 0.4) is 0 Å². The third-order valence-corrected chi connectivity index (χ3v) is 4.54. The van der Waals surface area contributed by atoms with E-state index in [1.54, 1.807) is 35.4 Å². The molecule has 0 radical (unpaired) electrons. The summed E-state index contributed by atoms with van der Waals surface area (Å²) in [6.07, 6.45) is 2.31. The number of carbonyl (C=O) groups is 1. The number of aromatic nitrogens is 3. The number of carbonyl (C=O) groups excluding carboxylic acids is 1. The van der Waals surface area contributed by atoms with Crippen molar-refractivity contribution in [2.45, 2.75) is 33.3 Å². The fraction of sp³-hybridized carbons (Fsp3) is 0.381. The number of hydrogen-bond donors (Lipinski definition) is 1. The summed E-state index contributed by atoms with van der Waals surface area (Å²) in [5.74, 6) is -0.778. The van der Waals surface area contributed by atoms with E-state index in [1.165, 1.54) is 18.3 Å². The summed E-state index contributed by atoms with van der Waals surface area (Å²) in [5.41, 5.74) is 1.36. The van der Waals surface area contributed by atoms with Crippen molar-refractivity contribution in [2.24, 2.45) is 7.05 Å². The van der Waals surface area contributed by atoms with Crippen LogP contribution in [-0.4, -0.2) is 39.5 Å². The number of aryl methyl sites for hydroxylation is 2. The van der Waals surface area contributed by atoms with Crippen molar-refractivity contribution in [3.63, 3.8) is 0 Å². The Kier molecular flexibility index (Phi) is 6.12. The topological polar surface area (TPSA) is 78.2 Å². The molecular formula is C21H25FN4O3. The van der Waals surface area contributed by atoms with Gasteiger partial charge in [0.2, 0.25) is 5.43 Å². The highest BCUT2D eigenvalue weighted by molar-refractivity contribution is 5.97. The number of benzene rings is 1. The minimum atomic E-state index is -0.425. The van der Waals surface area contributed by atoms with Crippen LogP contribution in [-0.2, 0) is 11.8 Å². The van der Waals surface area contributed by atoms with E-state index >= 15 is 0 Å². The number of ether oxygens (including phenoxy) is 1. The number of fused-ring (bicyclic) bond motifs is 1. The summed E-state index contributed by atoms with van der Waals surface area (Å²) in [5, 5.41) is 7.58. The Morgan fingerprint density at radius 3 is 2.62 bits per heavy atom. The number of pyridine rings is 1. The molecule has 0 saturated carbocycles. The molecule has 2 aromatic heterocycles. The first kappa shape index (κ1) is 20.7.